The second-order valence-corrected chi connectivity index (χ2v) is 4.46. The fourth-order valence-electron chi connectivity index (χ4n) is 2.87. The quantitative estimate of drug-likeness (QED) is 0.628. The Kier molecular flexibility index (Phi) is 1.88. The van der Waals surface area contributed by atoms with E-state index in [9.17, 15) is 13.2 Å². The summed E-state index contributed by atoms with van der Waals surface area (Å²) >= 11 is 0. The van der Waals surface area contributed by atoms with Crippen LogP contribution in [0.4, 0.5) is 13.2 Å². The molecule has 3 rings (SSSR count). The van der Waals surface area contributed by atoms with Crippen LogP contribution in [0.15, 0.2) is 0 Å². The lowest BCUT2D eigenvalue weighted by molar-refractivity contribution is -0.222. The molecule has 3 saturated carbocycles. The highest BCUT2D eigenvalue weighted by molar-refractivity contribution is 5.05. The van der Waals surface area contributed by atoms with Gasteiger partial charge in [-0.25, -0.2) is 0 Å². The molecule has 0 spiro atoms. The van der Waals surface area contributed by atoms with Crippen LogP contribution in [0, 0.1) is 11.8 Å². The summed E-state index contributed by atoms with van der Waals surface area (Å²) in [6.45, 7) is 0. The summed E-state index contributed by atoms with van der Waals surface area (Å²) in [6, 6.07) is 0. The molecule has 0 aliphatic heterocycles. The maximum absolute atomic E-state index is 12.7. The fraction of sp³-hybridized carbons (Fsp3) is 1.00. The first-order valence-corrected chi connectivity index (χ1v) is 4.79. The molecule has 3 fully saturated rings. The summed E-state index contributed by atoms with van der Waals surface area (Å²) in [6.07, 6.45) is -0.835. The van der Waals surface area contributed by atoms with E-state index in [1.165, 1.54) is 0 Å². The lowest BCUT2D eigenvalue weighted by atomic mass is 9.60. The van der Waals surface area contributed by atoms with Crippen LogP contribution in [-0.2, 0) is 0 Å². The summed E-state index contributed by atoms with van der Waals surface area (Å²) in [5, 5.41) is 0. The van der Waals surface area contributed by atoms with Crippen LogP contribution in [0.1, 0.15) is 32.1 Å². The van der Waals surface area contributed by atoms with Gasteiger partial charge in [0, 0.05) is 0 Å². The van der Waals surface area contributed by atoms with Crippen LogP contribution in [0.2, 0.25) is 0 Å². The highest BCUT2D eigenvalue weighted by Crippen LogP contribution is 2.52. The van der Waals surface area contributed by atoms with Crippen LogP contribution in [0.25, 0.3) is 0 Å². The van der Waals surface area contributed by atoms with Gasteiger partial charge in [-0.3, -0.25) is 0 Å². The van der Waals surface area contributed by atoms with Crippen molar-refractivity contribution >= 4 is 0 Å². The minimum atomic E-state index is -4.21. The van der Waals surface area contributed by atoms with Crippen LogP contribution in [-0.4, -0.2) is 11.7 Å². The number of nitrogens with two attached hydrogens (primary N) is 1. The Morgan fingerprint density at radius 3 is 1.85 bits per heavy atom. The monoisotopic (exact) mass is 193 g/mol. The molecule has 4 heteroatoms. The lowest BCUT2D eigenvalue weighted by Gasteiger charge is -2.50. The number of halogens is 3. The Morgan fingerprint density at radius 2 is 1.62 bits per heavy atom. The maximum Gasteiger partial charge on any atom is 0.406 e. The van der Waals surface area contributed by atoms with Crippen molar-refractivity contribution in [1.82, 2.24) is 0 Å². The van der Waals surface area contributed by atoms with E-state index >= 15 is 0 Å². The summed E-state index contributed by atoms with van der Waals surface area (Å²) in [5.74, 6) is -0.103. The van der Waals surface area contributed by atoms with E-state index in [1.807, 2.05) is 0 Å². The molecule has 76 valence electrons. The number of hydrogen-bond acceptors (Lipinski definition) is 1. The first-order valence-electron chi connectivity index (χ1n) is 4.79. The molecule has 2 bridgehead atoms. The van der Waals surface area contributed by atoms with Gasteiger partial charge < -0.3 is 5.73 Å². The van der Waals surface area contributed by atoms with Gasteiger partial charge in [0.25, 0.3) is 0 Å². The van der Waals surface area contributed by atoms with Gasteiger partial charge in [0.05, 0.1) is 0 Å². The highest BCUT2D eigenvalue weighted by atomic mass is 19.4. The zero-order valence-corrected chi connectivity index (χ0v) is 7.40. The molecule has 0 aromatic carbocycles. The number of alkyl halides is 3. The first kappa shape index (κ1) is 9.31. The van der Waals surface area contributed by atoms with Gasteiger partial charge in [-0.2, -0.15) is 13.2 Å². The number of rotatable bonds is 0. The third kappa shape index (κ3) is 1.26. The predicted molar refractivity (Wildman–Crippen MR) is 43.0 cm³/mol. The molecule has 0 radical (unpaired) electrons. The second kappa shape index (κ2) is 2.62. The van der Waals surface area contributed by atoms with E-state index in [0.29, 0.717) is 12.8 Å². The molecule has 13 heavy (non-hydrogen) atoms. The van der Waals surface area contributed by atoms with E-state index < -0.39 is 11.7 Å². The Morgan fingerprint density at radius 1 is 1.08 bits per heavy atom. The summed E-state index contributed by atoms with van der Waals surface area (Å²) < 4.78 is 38.0. The highest BCUT2D eigenvalue weighted by Gasteiger charge is 2.60. The normalized spacial score (nSPS) is 45.2. The minimum Gasteiger partial charge on any atom is -0.317 e. The molecule has 1 unspecified atom stereocenters. The molecule has 0 saturated heterocycles. The topological polar surface area (TPSA) is 26.0 Å². The standard InChI is InChI=1S/C9H14F3N/c10-9(11,12)8(13)5-6-1-3-7(8)4-2-6/h6-7H,1-5,13H2. The summed E-state index contributed by atoms with van der Waals surface area (Å²) in [4.78, 5) is 0. The molecule has 3 aliphatic carbocycles. The van der Waals surface area contributed by atoms with Crippen molar-refractivity contribution in [3.8, 4) is 0 Å². The molecule has 0 aromatic rings. The van der Waals surface area contributed by atoms with Gasteiger partial charge in [0.15, 0.2) is 0 Å². The molecular weight excluding hydrogens is 179 g/mol. The van der Waals surface area contributed by atoms with Gasteiger partial charge in [-0.15, -0.1) is 0 Å². The van der Waals surface area contributed by atoms with Gasteiger partial charge in [-0.05, 0) is 31.1 Å². The molecule has 1 atom stereocenters. The first-order chi connectivity index (χ1) is 5.93. The minimum absolute atomic E-state index is 0.154. The third-order valence-corrected chi connectivity index (χ3v) is 3.73. The van der Waals surface area contributed by atoms with Crippen LogP contribution >= 0.6 is 0 Å². The van der Waals surface area contributed by atoms with Crippen molar-refractivity contribution in [2.45, 2.75) is 43.8 Å². The molecule has 2 N–H and O–H groups in total. The average molecular weight is 193 g/mol. The largest absolute Gasteiger partial charge is 0.406 e. The zero-order valence-electron chi connectivity index (χ0n) is 7.40. The average Bonchev–Trinajstić information content (AvgIpc) is 2.04. The second-order valence-electron chi connectivity index (χ2n) is 4.46. The molecule has 3 aliphatic rings. The van der Waals surface area contributed by atoms with Gasteiger partial charge >= 0.3 is 6.18 Å². The fourth-order valence-corrected chi connectivity index (χ4v) is 2.87. The van der Waals surface area contributed by atoms with E-state index in [0.717, 1.165) is 12.8 Å². The van der Waals surface area contributed by atoms with E-state index in [1.54, 1.807) is 0 Å². The van der Waals surface area contributed by atoms with E-state index in [4.69, 9.17) is 5.73 Å². The Labute approximate surface area is 75.5 Å². The maximum atomic E-state index is 12.7. The molecule has 1 nitrogen and oxygen atoms in total. The molecule has 0 heterocycles. The van der Waals surface area contributed by atoms with Crippen molar-refractivity contribution in [2.75, 3.05) is 0 Å². The third-order valence-electron chi connectivity index (χ3n) is 3.73. The van der Waals surface area contributed by atoms with Gasteiger partial charge in [-0.1, -0.05) is 12.8 Å². The van der Waals surface area contributed by atoms with Crippen molar-refractivity contribution in [1.29, 1.82) is 0 Å². The van der Waals surface area contributed by atoms with Gasteiger partial charge in [0.2, 0.25) is 0 Å². The van der Waals surface area contributed by atoms with Crippen LogP contribution in [0.3, 0.4) is 0 Å². The predicted octanol–water partition coefficient (Wildman–Crippen LogP) is 2.46. The van der Waals surface area contributed by atoms with Gasteiger partial charge in [0.1, 0.15) is 5.54 Å². The number of hydrogen-bond donors (Lipinski definition) is 1. The zero-order chi connectivity index (χ0) is 9.69. The lowest BCUT2D eigenvalue weighted by Crippen LogP contribution is -2.63. The Balaban J connectivity index is 2.24. The molecular formula is C9H14F3N. The van der Waals surface area contributed by atoms with Crippen molar-refractivity contribution in [3.05, 3.63) is 0 Å². The van der Waals surface area contributed by atoms with E-state index in [-0.39, 0.29) is 18.3 Å². The summed E-state index contributed by atoms with van der Waals surface area (Å²) in [7, 11) is 0. The molecule has 0 aromatic heterocycles. The van der Waals surface area contributed by atoms with Crippen molar-refractivity contribution in [2.24, 2.45) is 17.6 Å². The summed E-state index contributed by atoms with van der Waals surface area (Å²) in [5.41, 5.74) is 3.63. The number of fused-ring (bicyclic) bond motifs is 3. The van der Waals surface area contributed by atoms with E-state index in [2.05, 4.69) is 0 Å². The van der Waals surface area contributed by atoms with Crippen LogP contribution < -0.4 is 5.73 Å². The molecule has 0 amide bonds. The Hall–Kier alpha value is -0.250. The Bertz CT molecular complexity index is 205. The SMILES string of the molecule is NC1(C(F)(F)F)CC2CCC1CC2. The van der Waals surface area contributed by atoms with Crippen molar-refractivity contribution < 1.29 is 13.2 Å². The smallest absolute Gasteiger partial charge is 0.317 e. The van der Waals surface area contributed by atoms with Crippen molar-refractivity contribution in [3.63, 3.8) is 0 Å². The van der Waals surface area contributed by atoms with Crippen LogP contribution in [0.5, 0.6) is 0 Å².